The summed E-state index contributed by atoms with van der Waals surface area (Å²) in [6.07, 6.45) is 10.1. The molecule has 0 unspecified atom stereocenters. The smallest absolute Gasteiger partial charge is 0.328 e. The summed E-state index contributed by atoms with van der Waals surface area (Å²) in [5, 5.41) is 8.74. The van der Waals surface area contributed by atoms with Crippen molar-refractivity contribution in [2.45, 2.75) is 51.0 Å². The van der Waals surface area contributed by atoms with Crippen LogP contribution in [0.5, 0.6) is 0 Å². The maximum absolute atomic E-state index is 12.6. The maximum atomic E-state index is 12.6. The van der Waals surface area contributed by atoms with Crippen LogP contribution >= 0.6 is 0 Å². The lowest BCUT2D eigenvalue weighted by molar-refractivity contribution is -0.131. The number of aliphatic carboxylic acids is 1. The molecule has 1 N–H and O–H groups in total. The van der Waals surface area contributed by atoms with Gasteiger partial charge < -0.3 is 9.67 Å². The molecule has 106 valence electrons. The molecule has 3 rings (SSSR count). The van der Waals surface area contributed by atoms with Crippen LogP contribution < -0.4 is 5.56 Å². The molecule has 0 aromatic carbocycles. The second-order valence-corrected chi connectivity index (χ2v) is 5.71. The van der Waals surface area contributed by atoms with Crippen molar-refractivity contribution in [1.82, 2.24) is 4.57 Å². The molecule has 0 aliphatic heterocycles. The summed E-state index contributed by atoms with van der Waals surface area (Å²) in [4.78, 5) is 23.3. The summed E-state index contributed by atoms with van der Waals surface area (Å²) in [6, 6.07) is 2.20. The van der Waals surface area contributed by atoms with E-state index >= 15 is 0 Å². The lowest BCUT2D eigenvalue weighted by Gasteiger charge is -2.19. The van der Waals surface area contributed by atoms with E-state index in [0.717, 1.165) is 38.2 Å². The van der Waals surface area contributed by atoms with E-state index in [-0.39, 0.29) is 5.56 Å². The quantitative estimate of drug-likeness (QED) is 0.861. The molecule has 1 aromatic rings. The molecule has 1 heterocycles. The van der Waals surface area contributed by atoms with Crippen molar-refractivity contribution in [2.24, 2.45) is 0 Å². The fraction of sp³-hybridized carbons (Fsp3) is 0.500. The van der Waals surface area contributed by atoms with E-state index in [0.29, 0.717) is 11.6 Å². The largest absolute Gasteiger partial charge is 0.478 e. The Kier molecular flexibility index (Phi) is 3.47. The van der Waals surface area contributed by atoms with Gasteiger partial charge in [0.25, 0.3) is 5.56 Å². The number of aromatic nitrogens is 1. The van der Waals surface area contributed by atoms with Gasteiger partial charge in [-0.15, -0.1) is 0 Å². The highest BCUT2D eigenvalue weighted by molar-refractivity contribution is 5.85. The van der Waals surface area contributed by atoms with Crippen molar-refractivity contribution in [1.29, 1.82) is 0 Å². The monoisotopic (exact) mass is 273 g/mol. The highest BCUT2D eigenvalue weighted by atomic mass is 16.4. The van der Waals surface area contributed by atoms with Crippen LogP contribution in [0.3, 0.4) is 0 Å². The standard InChI is InChI=1S/C16H19NO3/c18-15(19)9-8-12-10-11-4-3-7-14(11)17(16(12)20)13-5-1-2-6-13/h8-10,13H,1-7H2,(H,18,19)/b9-8+. The average Bonchev–Trinajstić information content (AvgIpc) is 3.06. The molecule has 0 saturated heterocycles. The molecular weight excluding hydrogens is 254 g/mol. The summed E-state index contributed by atoms with van der Waals surface area (Å²) < 4.78 is 1.97. The summed E-state index contributed by atoms with van der Waals surface area (Å²) in [5.41, 5.74) is 2.91. The van der Waals surface area contributed by atoms with Gasteiger partial charge in [0.05, 0.1) is 0 Å². The molecule has 1 aromatic heterocycles. The molecule has 1 saturated carbocycles. The van der Waals surface area contributed by atoms with E-state index in [1.54, 1.807) is 0 Å². The third kappa shape index (κ3) is 2.30. The number of aryl methyl sites for hydroxylation is 1. The van der Waals surface area contributed by atoms with Crippen molar-refractivity contribution in [2.75, 3.05) is 0 Å². The molecule has 2 aliphatic carbocycles. The highest BCUT2D eigenvalue weighted by Gasteiger charge is 2.25. The Morgan fingerprint density at radius 3 is 2.70 bits per heavy atom. The van der Waals surface area contributed by atoms with Crippen LogP contribution in [0.2, 0.25) is 0 Å². The predicted molar refractivity (Wildman–Crippen MR) is 76.9 cm³/mol. The number of rotatable bonds is 3. The minimum Gasteiger partial charge on any atom is -0.478 e. The molecule has 0 bridgehead atoms. The summed E-state index contributed by atoms with van der Waals surface area (Å²) >= 11 is 0. The van der Waals surface area contributed by atoms with Crippen molar-refractivity contribution in [3.8, 4) is 0 Å². The molecule has 0 spiro atoms. The topological polar surface area (TPSA) is 59.3 Å². The van der Waals surface area contributed by atoms with Crippen LogP contribution in [0.4, 0.5) is 0 Å². The predicted octanol–water partition coefficient (Wildman–Crippen LogP) is 2.55. The zero-order valence-electron chi connectivity index (χ0n) is 11.5. The van der Waals surface area contributed by atoms with Gasteiger partial charge in [-0.3, -0.25) is 4.79 Å². The van der Waals surface area contributed by atoms with Crippen molar-refractivity contribution >= 4 is 12.0 Å². The van der Waals surface area contributed by atoms with Crippen molar-refractivity contribution < 1.29 is 9.90 Å². The van der Waals surface area contributed by atoms with Gasteiger partial charge in [0.2, 0.25) is 0 Å². The van der Waals surface area contributed by atoms with Gasteiger partial charge in [0.15, 0.2) is 0 Å². The van der Waals surface area contributed by atoms with Crippen LogP contribution in [0.15, 0.2) is 16.9 Å². The Bertz CT molecular complexity index is 621. The van der Waals surface area contributed by atoms with E-state index in [4.69, 9.17) is 5.11 Å². The van der Waals surface area contributed by atoms with Gasteiger partial charge in [-0.2, -0.15) is 0 Å². The molecule has 2 aliphatic rings. The van der Waals surface area contributed by atoms with Gasteiger partial charge in [-0.1, -0.05) is 12.8 Å². The normalized spacial score (nSPS) is 18.8. The molecule has 4 nitrogen and oxygen atoms in total. The third-order valence-electron chi connectivity index (χ3n) is 4.41. The molecule has 0 atom stereocenters. The number of carboxylic acid groups (broad SMARTS) is 1. The molecule has 0 radical (unpaired) electrons. The second-order valence-electron chi connectivity index (χ2n) is 5.71. The number of fused-ring (bicyclic) bond motifs is 1. The highest BCUT2D eigenvalue weighted by Crippen LogP contribution is 2.32. The number of hydrogen-bond acceptors (Lipinski definition) is 2. The van der Waals surface area contributed by atoms with Crippen LogP contribution in [0.1, 0.15) is 55.0 Å². The van der Waals surface area contributed by atoms with E-state index in [1.165, 1.54) is 30.2 Å². The molecule has 0 amide bonds. The van der Waals surface area contributed by atoms with Crippen LogP contribution in [-0.2, 0) is 17.6 Å². The summed E-state index contributed by atoms with van der Waals surface area (Å²) in [7, 11) is 0. The van der Waals surface area contributed by atoms with E-state index < -0.39 is 5.97 Å². The van der Waals surface area contributed by atoms with Gasteiger partial charge in [0, 0.05) is 23.4 Å². The second kappa shape index (κ2) is 5.27. The summed E-state index contributed by atoms with van der Waals surface area (Å²) in [6.45, 7) is 0. The third-order valence-corrected chi connectivity index (χ3v) is 4.41. The average molecular weight is 273 g/mol. The molecule has 20 heavy (non-hydrogen) atoms. The zero-order valence-corrected chi connectivity index (χ0v) is 11.5. The van der Waals surface area contributed by atoms with E-state index in [9.17, 15) is 9.59 Å². The van der Waals surface area contributed by atoms with Gasteiger partial charge >= 0.3 is 5.97 Å². The number of carbonyl (C=O) groups is 1. The van der Waals surface area contributed by atoms with Gasteiger partial charge in [-0.05, 0) is 49.8 Å². The molecular formula is C16H19NO3. The first-order valence-electron chi connectivity index (χ1n) is 7.35. The molecule has 4 heteroatoms. The van der Waals surface area contributed by atoms with Crippen LogP contribution in [-0.4, -0.2) is 15.6 Å². The molecule has 1 fully saturated rings. The Hall–Kier alpha value is -1.84. The van der Waals surface area contributed by atoms with Crippen LogP contribution in [0, 0.1) is 0 Å². The zero-order chi connectivity index (χ0) is 14.1. The SMILES string of the molecule is O=C(O)/C=C/c1cc2c(n(C3CCCC3)c1=O)CCC2. The van der Waals surface area contributed by atoms with Crippen molar-refractivity contribution in [3.05, 3.63) is 39.3 Å². The minimum atomic E-state index is -1.02. The van der Waals surface area contributed by atoms with E-state index in [1.807, 2.05) is 10.6 Å². The first kappa shape index (κ1) is 13.2. The van der Waals surface area contributed by atoms with Gasteiger partial charge in [0.1, 0.15) is 0 Å². The summed E-state index contributed by atoms with van der Waals surface area (Å²) in [5.74, 6) is -1.02. The maximum Gasteiger partial charge on any atom is 0.328 e. The Morgan fingerprint density at radius 2 is 2.00 bits per heavy atom. The number of pyridine rings is 1. The number of carboxylic acids is 1. The fourth-order valence-electron chi connectivity index (χ4n) is 3.52. The Morgan fingerprint density at radius 1 is 1.25 bits per heavy atom. The Labute approximate surface area is 117 Å². The lowest BCUT2D eigenvalue weighted by Crippen LogP contribution is -2.28. The van der Waals surface area contributed by atoms with E-state index in [2.05, 4.69) is 0 Å². The van der Waals surface area contributed by atoms with Gasteiger partial charge in [-0.25, -0.2) is 4.79 Å². The number of nitrogens with zero attached hydrogens (tertiary/aromatic N) is 1. The van der Waals surface area contributed by atoms with Crippen LogP contribution in [0.25, 0.3) is 6.08 Å². The number of hydrogen-bond donors (Lipinski definition) is 1. The first-order valence-corrected chi connectivity index (χ1v) is 7.35. The van der Waals surface area contributed by atoms with Crippen molar-refractivity contribution in [3.63, 3.8) is 0 Å². The first-order chi connectivity index (χ1) is 9.66. The Balaban J connectivity index is 2.11. The fourth-order valence-corrected chi connectivity index (χ4v) is 3.52. The minimum absolute atomic E-state index is 0.0185. The lowest BCUT2D eigenvalue weighted by atomic mass is 10.1.